The van der Waals surface area contributed by atoms with Gasteiger partial charge in [-0.25, -0.2) is 26.3 Å². The van der Waals surface area contributed by atoms with Crippen molar-refractivity contribution in [1.29, 1.82) is 0 Å². The molecule has 0 aromatic heterocycles. The summed E-state index contributed by atoms with van der Waals surface area (Å²) in [6.07, 6.45) is -9.37. The smallest absolute Gasteiger partial charge is 0.322 e. The van der Waals surface area contributed by atoms with Crippen molar-refractivity contribution in [3.63, 3.8) is 0 Å². The van der Waals surface area contributed by atoms with Crippen LogP contribution in [0.4, 0.5) is 64.1 Å². The summed E-state index contributed by atoms with van der Waals surface area (Å²) in [5.74, 6) is -8.65. The molecule has 0 atom stereocenters. The van der Waals surface area contributed by atoms with Gasteiger partial charge in [0.2, 0.25) is 0 Å². The number of alkyl halides is 6. The quantitative estimate of drug-likeness (QED) is 0.165. The highest BCUT2D eigenvalue weighted by molar-refractivity contribution is 6.05. The molecule has 0 spiro atoms. The van der Waals surface area contributed by atoms with Gasteiger partial charge in [-0.3, -0.25) is 9.59 Å². The Kier molecular flexibility index (Phi) is 11.9. The van der Waals surface area contributed by atoms with Crippen molar-refractivity contribution in [1.82, 2.24) is 0 Å². The van der Waals surface area contributed by atoms with E-state index in [9.17, 15) is 62.3 Å². The van der Waals surface area contributed by atoms with Gasteiger partial charge in [0.1, 0.15) is 11.6 Å². The molecule has 288 valence electrons. The lowest BCUT2D eigenvalue weighted by molar-refractivity contribution is -0.138. The molecule has 0 aliphatic rings. The summed E-state index contributed by atoms with van der Waals surface area (Å²) in [5.41, 5.74) is -3.02. The summed E-state index contributed by atoms with van der Waals surface area (Å²) in [5, 5.41) is 4.67. The van der Waals surface area contributed by atoms with Gasteiger partial charge in [0, 0.05) is 16.9 Å². The number of carbonyl (C=O) groups is 2. The van der Waals surface area contributed by atoms with Crippen molar-refractivity contribution < 1.29 is 62.3 Å². The highest BCUT2D eigenvalue weighted by atomic mass is 19.4. The van der Waals surface area contributed by atoms with Gasteiger partial charge in [0.05, 0.1) is 22.3 Å². The van der Waals surface area contributed by atoms with Crippen LogP contribution in [0.2, 0.25) is 0 Å². The van der Waals surface area contributed by atoms with Crippen molar-refractivity contribution in [3.05, 3.63) is 178 Å². The van der Waals surface area contributed by atoms with Gasteiger partial charge in [-0.2, -0.15) is 26.3 Å². The highest BCUT2D eigenvalue weighted by Gasteiger charge is 2.34. The number of amides is 2. The van der Waals surface area contributed by atoms with E-state index in [2.05, 4.69) is 10.6 Å². The predicted molar refractivity (Wildman–Crippen MR) is 182 cm³/mol. The van der Waals surface area contributed by atoms with E-state index in [4.69, 9.17) is 0 Å². The average Bonchev–Trinajstić information content (AvgIpc) is 3.14. The normalized spacial score (nSPS) is 11.4. The molecule has 0 saturated carbocycles. The van der Waals surface area contributed by atoms with Gasteiger partial charge in [-0.05, 0) is 95.6 Å². The van der Waals surface area contributed by atoms with E-state index < -0.39 is 81.3 Å². The van der Waals surface area contributed by atoms with Gasteiger partial charge < -0.3 is 10.6 Å². The third-order valence-corrected chi connectivity index (χ3v) is 7.88. The summed E-state index contributed by atoms with van der Waals surface area (Å²) in [6, 6.07) is 21.0. The minimum atomic E-state index is -4.75. The Morgan fingerprint density at radius 2 is 0.911 bits per heavy atom. The van der Waals surface area contributed by atoms with Crippen LogP contribution in [0, 0.1) is 34.9 Å². The number of hydrogen-bond acceptors (Lipinski definition) is 2. The van der Waals surface area contributed by atoms with Gasteiger partial charge in [-0.1, -0.05) is 42.5 Å². The molecular weight excluding hydrogens is 768 g/mol. The lowest BCUT2D eigenvalue weighted by Crippen LogP contribution is -2.14. The first-order valence-electron chi connectivity index (χ1n) is 15.8. The molecule has 0 radical (unpaired) electrons. The Morgan fingerprint density at radius 1 is 0.446 bits per heavy atom. The summed E-state index contributed by atoms with van der Waals surface area (Å²) < 4.78 is 159. The molecule has 4 nitrogen and oxygen atoms in total. The topological polar surface area (TPSA) is 58.2 Å². The van der Waals surface area contributed by atoms with E-state index in [1.54, 1.807) is 0 Å². The minimum absolute atomic E-state index is 0.141. The fourth-order valence-electron chi connectivity index (χ4n) is 5.15. The molecule has 2 amide bonds. The van der Waals surface area contributed by atoms with Gasteiger partial charge in [-0.15, -0.1) is 0 Å². The maximum absolute atomic E-state index is 13.9. The van der Waals surface area contributed by atoms with E-state index in [0.717, 1.165) is 42.5 Å². The molecule has 56 heavy (non-hydrogen) atoms. The molecule has 6 aromatic rings. The molecule has 0 saturated heterocycles. The number of benzene rings is 6. The van der Waals surface area contributed by atoms with E-state index in [1.807, 2.05) is 0 Å². The number of nitrogens with one attached hydrogen (secondary N) is 2. The zero-order chi connectivity index (χ0) is 40.9. The lowest BCUT2D eigenvalue weighted by atomic mass is 9.99. The summed E-state index contributed by atoms with van der Waals surface area (Å²) in [7, 11) is 0. The number of anilines is 2. The predicted octanol–water partition coefficient (Wildman–Crippen LogP) is 12.1. The number of rotatable bonds is 6. The monoisotopic (exact) mass is 790 g/mol. The number of carbonyl (C=O) groups excluding carboxylic acids is 2. The SMILES string of the molecule is O=C(Nc1ccc(-c2cc(C(F)(F)F)ccc2F)cc1)c1cccc(F)c1F.O=C(Nc1ccc(-c2ccc(F)cc2C(F)(F)F)cc1)c1cccc(F)c1F. The van der Waals surface area contributed by atoms with E-state index >= 15 is 0 Å². The molecule has 6 aromatic carbocycles. The molecular formula is C40H22F12N2O2. The van der Waals surface area contributed by atoms with Crippen molar-refractivity contribution in [2.24, 2.45) is 0 Å². The third kappa shape index (κ3) is 9.55. The van der Waals surface area contributed by atoms with Crippen molar-refractivity contribution >= 4 is 23.2 Å². The van der Waals surface area contributed by atoms with Crippen molar-refractivity contribution in [2.45, 2.75) is 12.4 Å². The first-order chi connectivity index (χ1) is 26.3. The fourth-order valence-corrected chi connectivity index (χ4v) is 5.15. The third-order valence-electron chi connectivity index (χ3n) is 7.88. The van der Waals surface area contributed by atoms with E-state index in [0.29, 0.717) is 18.2 Å². The van der Waals surface area contributed by atoms with E-state index in [1.165, 1.54) is 60.7 Å². The Labute approximate surface area is 309 Å². The number of halogens is 12. The van der Waals surface area contributed by atoms with Gasteiger partial charge in [0.25, 0.3) is 11.8 Å². The Morgan fingerprint density at radius 3 is 1.36 bits per heavy atom. The van der Waals surface area contributed by atoms with Crippen LogP contribution in [0.15, 0.2) is 121 Å². The van der Waals surface area contributed by atoms with Gasteiger partial charge in [0.15, 0.2) is 23.3 Å². The van der Waals surface area contributed by atoms with Crippen LogP contribution in [-0.4, -0.2) is 11.8 Å². The molecule has 2 N–H and O–H groups in total. The van der Waals surface area contributed by atoms with Crippen LogP contribution >= 0.6 is 0 Å². The second-order valence-corrected chi connectivity index (χ2v) is 11.6. The van der Waals surface area contributed by atoms with Crippen LogP contribution in [0.3, 0.4) is 0 Å². The molecule has 16 heteroatoms. The Hall–Kier alpha value is -6.58. The first-order valence-corrected chi connectivity index (χ1v) is 15.8. The Balaban J connectivity index is 0.000000214. The van der Waals surface area contributed by atoms with Crippen LogP contribution in [0.1, 0.15) is 31.8 Å². The fraction of sp³-hybridized carbons (Fsp3) is 0.0500. The minimum Gasteiger partial charge on any atom is -0.322 e. The zero-order valence-corrected chi connectivity index (χ0v) is 27.9. The average molecular weight is 791 g/mol. The molecule has 0 fully saturated rings. The second-order valence-electron chi connectivity index (χ2n) is 11.6. The highest BCUT2D eigenvalue weighted by Crippen LogP contribution is 2.38. The Bertz CT molecular complexity index is 2390. The lowest BCUT2D eigenvalue weighted by Gasteiger charge is -2.14. The maximum atomic E-state index is 13.9. The standard InChI is InChI=1S/2C20H11F6NO/c21-12-6-9-14(16(10-12)20(24,25)26)11-4-7-13(8-5-11)27-19(28)15-2-1-3-17(22)18(15)23;21-16-9-6-12(20(24,25)26)10-15(16)11-4-7-13(8-5-11)27-19(28)14-2-1-3-17(22)18(14)23/h2*1-10H,(H,27,28). The summed E-state index contributed by atoms with van der Waals surface area (Å²) >= 11 is 0. The molecule has 0 bridgehead atoms. The molecule has 0 aliphatic carbocycles. The summed E-state index contributed by atoms with van der Waals surface area (Å²) in [6.45, 7) is 0. The van der Waals surface area contributed by atoms with Crippen LogP contribution in [0.5, 0.6) is 0 Å². The molecule has 0 heterocycles. The molecule has 0 aliphatic heterocycles. The van der Waals surface area contributed by atoms with Crippen LogP contribution in [0.25, 0.3) is 22.3 Å². The van der Waals surface area contributed by atoms with Crippen LogP contribution < -0.4 is 10.6 Å². The number of hydrogen-bond donors (Lipinski definition) is 2. The molecule has 6 rings (SSSR count). The largest absolute Gasteiger partial charge is 0.417 e. The van der Waals surface area contributed by atoms with Crippen molar-refractivity contribution in [2.75, 3.05) is 10.6 Å². The molecule has 0 unspecified atom stereocenters. The van der Waals surface area contributed by atoms with Gasteiger partial charge >= 0.3 is 12.4 Å². The zero-order valence-electron chi connectivity index (χ0n) is 27.9. The van der Waals surface area contributed by atoms with E-state index in [-0.39, 0.29) is 33.6 Å². The summed E-state index contributed by atoms with van der Waals surface area (Å²) in [4.78, 5) is 24.1. The maximum Gasteiger partial charge on any atom is 0.417 e. The van der Waals surface area contributed by atoms with Crippen LogP contribution in [-0.2, 0) is 12.4 Å². The first kappa shape index (κ1) is 40.6. The van der Waals surface area contributed by atoms with Crippen molar-refractivity contribution in [3.8, 4) is 22.3 Å². The second kappa shape index (κ2) is 16.4.